The Morgan fingerprint density at radius 2 is 1.77 bits per heavy atom. The molecule has 2 aliphatic rings. The van der Waals surface area contributed by atoms with Crippen LogP contribution in [0.2, 0.25) is 0 Å². The first kappa shape index (κ1) is 23.0. The summed E-state index contributed by atoms with van der Waals surface area (Å²) in [5, 5.41) is 11.4. The smallest absolute Gasteiger partial charge is 0.276 e. The second-order valence-corrected chi connectivity index (χ2v) is 9.06. The van der Waals surface area contributed by atoms with Gasteiger partial charge in [0.25, 0.3) is 5.91 Å². The van der Waals surface area contributed by atoms with Crippen molar-refractivity contribution in [1.29, 1.82) is 0 Å². The van der Waals surface area contributed by atoms with Crippen LogP contribution in [0.15, 0.2) is 48.5 Å². The first-order valence-corrected chi connectivity index (χ1v) is 11.9. The average Bonchev–Trinajstić information content (AvgIpc) is 3.32. The maximum atomic E-state index is 13.2. The number of aromatic nitrogens is 3. The normalized spacial score (nSPS) is 18.1. The molecule has 1 fully saturated rings. The van der Waals surface area contributed by atoms with Crippen molar-refractivity contribution in [2.75, 3.05) is 25.5 Å². The number of ether oxygens (including phenoxy) is 2. The van der Waals surface area contributed by atoms with Gasteiger partial charge in [0.15, 0.2) is 5.69 Å². The van der Waals surface area contributed by atoms with Crippen LogP contribution in [-0.2, 0) is 22.7 Å². The van der Waals surface area contributed by atoms with Gasteiger partial charge in [0.05, 0.1) is 26.0 Å². The van der Waals surface area contributed by atoms with Gasteiger partial charge in [-0.3, -0.25) is 9.59 Å². The van der Waals surface area contributed by atoms with Gasteiger partial charge < -0.3 is 19.7 Å². The molecular weight excluding hydrogens is 446 g/mol. The second-order valence-electron chi connectivity index (χ2n) is 9.06. The molecule has 1 aromatic heterocycles. The quantitative estimate of drug-likeness (QED) is 0.608. The molecule has 0 bridgehead atoms. The van der Waals surface area contributed by atoms with Crippen LogP contribution >= 0.6 is 0 Å². The van der Waals surface area contributed by atoms with E-state index in [1.807, 2.05) is 24.3 Å². The Labute approximate surface area is 204 Å². The van der Waals surface area contributed by atoms with E-state index < -0.39 is 0 Å². The minimum Gasteiger partial charge on any atom is -0.497 e. The van der Waals surface area contributed by atoms with Gasteiger partial charge in [-0.1, -0.05) is 35.0 Å². The summed E-state index contributed by atoms with van der Waals surface area (Å²) >= 11 is 0. The number of aryl methyl sites for hydroxylation is 1. The SMILES string of the molecule is COc1ccc(NC(=O)C2CCN(C(=O)c3nnn4c3COC(c3ccc(C)cc3)C4)CC2)cc1. The fraction of sp³-hybridized carbons (Fsp3) is 0.385. The van der Waals surface area contributed by atoms with E-state index in [1.165, 1.54) is 5.56 Å². The maximum absolute atomic E-state index is 13.2. The molecule has 1 unspecified atom stereocenters. The van der Waals surface area contributed by atoms with Gasteiger partial charge in [-0.2, -0.15) is 0 Å². The zero-order chi connectivity index (χ0) is 24.4. The number of benzene rings is 2. The van der Waals surface area contributed by atoms with Crippen LogP contribution in [-0.4, -0.2) is 51.9 Å². The van der Waals surface area contributed by atoms with Crippen LogP contribution in [0, 0.1) is 12.8 Å². The molecule has 0 saturated carbocycles. The highest BCUT2D eigenvalue weighted by atomic mass is 16.5. The molecule has 1 N–H and O–H groups in total. The minimum absolute atomic E-state index is 0.0288. The third-order valence-electron chi connectivity index (χ3n) is 6.76. The number of anilines is 1. The Morgan fingerprint density at radius 1 is 1.06 bits per heavy atom. The predicted octanol–water partition coefficient (Wildman–Crippen LogP) is 3.36. The second kappa shape index (κ2) is 9.87. The van der Waals surface area contributed by atoms with Crippen LogP contribution in [0.5, 0.6) is 5.75 Å². The Hall–Kier alpha value is -3.72. The lowest BCUT2D eigenvalue weighted by molar-refractivity contribution is -0.121. The van der Waals surface area contributed by atoms with E-state index in [2.05, 4.69) is 46.8 Å². The standard InChI is InChI=1S/C26H29N5O4/c1-17-3-5-18(6-4-17)23-15-31-22(16-35-23)24(28-29-31)26(33)30-13-11-19(12-14-30)25(32)27-20-7-9-21(34-2)10-8-20/h3-10,19,23H,11-16H2,1-2H3,(H,27,32). The molecule has 9 heteroatoms. The van der Waals surface area contributed by atoms with E-state index in [1.54, 1.807) is 16.7 Å². The van der Waals surface area contributed by atoms with Crippen molar-refractivity contribution in [2.45, 2.75) is 39.0 Å². The number of carbonyl (C=O) groups is 2. The monoisotopic (exact) mass is 475 g/mol. The molecule has 182 valence electrons. The van der Waals surface area contributed by atoms with Gasteiger partial charge >= 0.3 is 0 Å². The zero-order valence-electron chi connectivity index (χ0n) is 19.9. The number of carbonyl (C=O) groups excluding carboxylic acids is 2. The van der Waals surface area contributed by atoms with Crippen LogP contribution in [0.4, 0.5) is 5.69 Å². The first-order chi connectivity index (χ1) is 17.0. The average molecular weight is 476 g/mol. The van der Waals surface area contributed by atoms with Crippen molar-refractivity contribution < 1.29 is 19.1 Å². The summed E-state index contributed by atoms with van der Waals surface area (Å²) in [5.74, 6) is 0.409. The fourth-order valence-corrected chi connectivity index (χ4v) is 4.57. The third-order valence-corrected chi connectivity index (χ3v) is 6.76. The van der Waals surface area contributed by atoms with Crippen LogP contribution in [0.25, 0.3) is 0 Å². The highest BCUT2D eigenvalue weighted by molar-refractivity contribution is 5.94. The number of piperidine rings is 1. The summed E-state index contributed by atoms with van der Waals surface area (Å²) in [7, 11) is 1.60. The minimum atomic E-state index is -0.155. The summed E-state index contributed by atoms with van der Waals surface area (Å²) in [6.45, 7) is 3.85. The van der Waals surface area contributed by atoms with Crippen molar-refractivity contribution in [1.82, 2.24) is 19.9 Å². The van der Waals surface area contributed by atoms with Crippen molar-refractivity contribution in [3.63, 3.8) is 0 Å². The van der Waals surface area contributed by atoms with E-state index in [0.29, 0.717) is 43.9 Å². The number of fused-ring (bicyclic) bond motifs is 1. The summed E-state index contributed by atoms with van der Waals surface area (Å²) in [6.07, 6.45) is 1.08. The summed E-state index contributed by atoms with van der Waals surface area (Å²) in [5.41, 5.74) is 4.06. The van der Waals surface area contributed by atoms with Crippen LogP contribution in [0.1, 0.15) is 46.3 Å². The van der Waals surface area contributed by atoms with Crippen molar-refractivity contribution >= 4 is 17.5 Å². The highest BCUT2D eigenvalue weighted by Gasteiger charge is 2.33. The molecule has 2 aromatic carbocycles. The van der Waals surface area contributed by atoms with E-state index >= 15 is 0 Å². The molecule has 1 atom stereocenters. The topological polar surface area (TPSA) is 98.6 Å². The molecule has 35 heavy (non-hydrogen) atoms. The molecule has 1 saturated heterocycles. The number of rotatable bonds is 5. The van der Waals surface area contributed by atoms with Gasteiger partial charge in [-0.25, -0.2) is 4.68 Å². The Kier molecular flexibility index (Phi) is 6.50. The molecule has 9 nitrogen and oxygen atoms in total. The Morgan fingerprint density at radius 3 is 2.46 bits per heavy atom. The summed E-state index contributed by atoms with van der Waals surface area (Å²) < 4.78 is 13.0. The number of methoxy groups -OCH3 is 1. The van der Waals surface area contributed by atoms with Crippen molar-refractivity contribution in [3.05, 3.63) is 71.0 Å². The fourth-order valence-electron chi connectivity index (χ4n) is 4.57. The number of amides is 2. The molecular formula is C26H29N5O4. The number of hydrogen-bond donors (Lipinski definition) is 1. The van der Waals surface area contributed by atoms with Gasteiger partial charge in [-0.05, 0) is 49.6 Å². The van der Waals surface area contributed by atoms with E-state index in [4.69, 9.17) is 9.47 Å². The van der Waals surface area contributed by atoms with Crippen LogP contribution in [0.3, 0.4) is 0 Å². The number of nitrogens with zero attached hydrogens (tertiary/aromatic N) is 4. The molecule has 0 radical (unpaired) electrons. The molecule has 0 spiro atoms. The summed E-state index contributed by atoms with van der Waals surface area (Å²) in [4.78, 5) is 27.6. The maximum Gasteiger partial charge on any atom is 0.276 e. The third kappa shape index (κ3) is 4.90. The lowest BCUT2D eigenvalue weighted by Crippen LogP contribution is -2.42. The van der Waals surface area contributed by atoms with Crippen LogP contribution < -0.4 is 10.1 Å². The molecule has 3 aromatic rings. The number of nitrogens with one attached hydrogen (secondary N) is 1. The molecule has 2 aliphatic heterocycles. The molecule has 0 aliphatic carbocycles. The molecule has 3 heterocycles. The summed E-state index contributed by atoms with van der Waals surface area (Å²) in [6, 6.07) is 15.5. The predicted molar refractivity (Wildman–Crippen MR) is 129 cm³/mol. The largest absolute Gasteiger partial charge is 0.497 e. The van der Waals surface area contributed by atoms with E-state index in [9.17, 15) is 9.59 Å². The number of likely N-dealkylation sites (tertiary alicyclic amines) is 1. The molecule has 2 amide bonds. The Balaban J connectivity index is 1.17. The lowest BCUT2D eigenvalue weighted by Gasteiger charge is -2.31. The van der Waals surface area contributed by atoms with Gasteiger partial charge in [-0.15, -0.1) is 5.10 Å². The molecule has 5 rings (SSSR count). The lowest BCUT2D eigenvalue weighted by atomic mass is 9.95. The first-order valence-electron chi connectivity index (χ1n) is 11.9. The zero-order valence-corrected chi connectivity index (χ0v) is 19.9. The van der Waals surface area contributed by atoms with E-state index in [-0.39, 0.29) is 30.4 Å². The van der Waals surface area contributed by atoms with Gasteiger partial charge in [0.1, 0.15) is 11.9 Å². The van der Waals surface area contributed by atoms with Crippen molar-refractivity contribution in [2.24, 2.45) is 5.92 Å². The highest BCUT2D eigenvalue weighted by Crippen LogP contribution is 2.28. The van der Waals surface area contributed by atoms with E-state index in [0.717, 1.165) is 17.0 Å². The van der Waals surface area contributed by atoms with Crippen molar-refractivity contribution in [3.8, 4) is 5.75 Å². The van der Waals surface area contributed by atoms with Gasteiger partial charge in [0.2, 0.25) is 5.91 Å². The van der Waals surface area contributed by atoms with Gasteiger partial charge in [0, 0.05) is 24.7 Å². The Bertz CT molecular complexity index is 1200. The number of hydrogen-bond acceptors (Lipinski definition) is 6.